The molecule has 0 aromatic heterocycles. The van der Waals surface area contributed by atoms with E-state index in [1.54, 1.807) is 42.5 Å². The van der Waals surface area contributed by atoms with Crippen LogP contribution < -0.4 is 0 Å². The van der Waals surface area contributed by atoms with E-state index >= 15 is 0 Å². The molecule has 0 heterocycles. The second kappa shape index (κ2) is 11.9. The molecule has 0 fully saturated rings. The van der Waals surface area contributed by atoms with Gasteiger partial charge in [-0.25, -0.2) is 9.59 Å². The molecule has 0 aliphatic carbocycles. The summed E-state index contributed by atoms with van der Waals surface area (Å²) in [6.07, 6.45) is 2.41. The van der Waals surface area contributed by atoms with Gasteiger partial charge in [0.2, 0.25) is 6.10 Å². The lowest BCUT2D eigenvalue weighted by molar-refractivity contribution is -0.165. The number of unbranched alkanes of at least 4 members (excludes halogenated alkanes) is 2. The van der Waals surface area contributed by atoms with Crippen LogP contribution in [-0.2, 0) is 25.5 Å². The number of ether oxygens (including phenoxy) is 2. The van der Waals surface area contributed by atoms with Crippen molar-refractivity contribution < 1.29 is 23.9 Å². The second-order valence-electron chi connectivity index (χ2n) is 7.74. The molecule has 0 spiro atoms. The fourth-order valence-corrected chi connectivity index (χ4v) is 3.04. The van der Waals surface area contributed by atoms with Crippen LogP contribution in [0.25, 0.3) is 0 Å². The van der Waals surface area contributed by atoms with Gasteiger partial charge >= 0.3 is 17.9 Å². The van der Waals surface area contributed by atoms with Crippen LogP contribution in [0.1, 0.15) is 74.0 Å². The van der Waals surface area contributed by atoms with Crippen LogP contribution in [0.5, 0.6) is 0 Å². The van der Waals surface area contributed by atoms with E-state index in [2.05, 4.69) is 13.8 Å². The van der Waals surface area contributed by atoms with Gasteiger partial charge in [-0.05, 0) is 36.5 Å². The van der Waals surface area contributed by atoms with Crippen molar-refractivity contribution in [3.63, 3.8) is 0 Å². The molecule has 0 N–H and O–H groups in total. The van der Waals surface area contributed by atoms with Crippen LogP contribution in [0.3, 0.4) is 0 Å². The first-order chi connectivity index (χ1) is 14.4. The Morgan fingerprint density at radius 3 is 2.17 bits per heavy atom. The number of carbonyl (C=O) groups is 3. The van der Waals surface area contributed by atoms with Gasteiger partial charge in [-0.2, -0.15) is 0 Å². The Bertz CT molecular complexity index is 824. The number of hydrogen-bond acceptors (Lipinski definition) is 5. The highest BCUT2D eigenvalue weighted by atomic mass is 16.6. The Labute approximate surface area is 178 Å². The highest BCUT2D eigenvalue weighted by Gasteiger charge is 2.29. The zero-order chi connectivity index (χ0) is 21.9. The van der Waals surface area contributed by atoms with E-state index in [0.717, 1.165) is 24.8 Å². The fraction of sp³-hybridized carbons (Fsp3) is 0.400. The summed E-state index contributed by atoms with van der Waals surface area (Å²) >= 11 is 0. The number of esters is 3. The Morgan fingerprint density at radius 1 is 0.900 bits per heavy atom. The first kappa shape index (κ1) is 23.3. The van der Waals surface area contributed by atoms with Gasteiger partial charge in [0.1, 0.15) is 0 Å². The maximum Gasteiger partial charge on any atom is 0.360 e. The molecule has 1 atom stereocenters. The van der Waals surface area contributed by atoms with Crippen LogP contribution in [-0.4, -0.2) is 17.9 Å². The van der Waals surface area contributed by atoms with Crippen molar-refractivity contribution in [2.75, 3.05) is 0 Å². The molecule has 1 unspecified atom stereocenters. The van der Waals surface area contributed by atoms with Gasteiger partial charge in [0.05, 0.1) is 5.56 Å². The molecule has 0 aliphatic rings. The molecule has 160 valence electrons. The lowest BCUT2D eigenvalue weighted by Gasteiger charge is -2.16. The summed E-state index contributed by atoms with van der Waals surface area (Å²) in [4.78, 5) is 37.3. The molecule has 2 aromatic carbocycles. The zero-order valence-electron chi connectivity index (χ0n) is 17.9. The molecule has 0 radical (unpaired) electrons. The van der Waals surface area contributed by atoms with Crippen molar-refractivity contribution in [1.82, 2.24) is 0 Å². The Morgan fingerprint density at radius 2 is 1.57 bits per heavy atom. The fourth-order valence-electron chi connectivity index (χ4n) is 3.04. The monoisotopic (exact) mass is 410 g/mol. The van der Waals surface area contributed by atoms with Crippen LogP contribution in [0.15, 0.2) is 54.6 Å². The smallest absolute Gasteiger partial charge is 0.360 e. The standard InChI is InChI=1S/C25H30O5/c1-4-5-7-12-22(26)29-23(20-10-8-6-9-11-20)25(28)30-24(27)21-15-13-19(14-16-21)17-18(2)3/h6,8-11,13-16,18,23H,4-5,7,12,17H2,1-3H3. The lowest BCUT2D eigenvalue weighted by atomic mass is 10.0. The third-order valence-electron chi connectivity index (χ3n) is 4.58. The minimum Gasteiger partial charge on any atom is -0.445 e. The number of rotatable bonds is 10. The molecule has 30 heavy (non-hydrogen) atoms. The van der Waals surface area contributed by atoms with Crippen molar-refractivity contribution in [1.29, 1.82) is 0 Å². The van der Waals surface area contributed by atoms with Crippen molar-refractivity contribution in [3.05, 3.63) is 71.3 Å². The van der Waals surface area contributed by atoms with E-state index in [1.165, 1.54) is 0 Å². The van der Waals surface area contributed by atoms with Crippen molar-refractivity contribution >= 4 is 17.9 Å². The minimum atomic E-state index is -1.27. The quantitative estimate of drug-likeness (QED) is 0.297. The summed E-state index contributed by atoms with van der Waals surface area (Å²) in [5, 5.41) is 0. The Kier molecular flexibility index (Phi) is 9.26. The topological polar surface area (TPSA) is 69.7 Å². The van der Waals surface area contributed by atoms with Gasteiger partial charge in [-0.1, -0.05) is 76.1 Å². The van der Waals surface area contributed by atoms with Crippen LogP contribution in [0.2, 0.25) is 0 Å². The van der Waals surface area contributed by atoms with E-state index in [0.29, 0.717) is 17.9 Å². The molecule has 2 aromatic rings. The van der Waals surface area contributed by atoms with Crippen LogP contribution >= 0.6 is 0 Å². The van der Waals surface area contributed by atoms with Gasteiger partial charge < -0.3 is 9.47 Å². The predicted octanol–water partition coefficient (Wildman–Crippen LogP) is 5.43. The number of carbonyl (C=O) groups excluding carboxylic acids is 3. The van der Waals surface area contributed by atoms with Gasteiger partial charge in [0.25, 0.3) is 0 Å². The molecule has 2 rings (SSSR count). The van der Waals surface area contributed by atoms with Crippen LogP contribution in [0, 0.1) is 5.92 Å². The van der Waals surface area contributed by atoms with E-state index < -0.39 is 24.0 Å². The highest BCUT2D eigenvalue weighted by Crippen LogP contribution is 2.21. The first-order valence-electron chi connectivity index (χ1n) is 10.5. The Hall–Kier alpha value is -2.95. The summed E-state index contributed by atoms with van der Waals surface area (Å²) in [5.41, 5.74) is 1.85. The third kappa shape index (κ3) is 7.47. The van der Waals surface area contributed by atoms with E-state index in [4.69, 9.17) is 9.47 Å². The van der Waals surface area contributed by atoms with E-state index in [1.807, 2.05) is 19.1 Å². The summed E-state index contributed by atoms with van der Waals surface area (Å²) < 4.78 is 10.4. The molecule has 0 bridgehead atoms. The predicted molar refractivity (Wildman–Crippen MR) is 115 cm³/mol. The van der Waals surface area contributed by atoms with E-state index in [9.17, 15) is 14.4 Å². The SMILES string of the molecule is CCCCCC(=O)OC(C(=O)OC(=O)c1ccc(CC(C)C)cc1)c1ccccc1. The minimum absolute atomic E-state index is 0.218. The number of benzene rings is 2. The zero-order valence-corrected chi connectivity index (χ0v) is 17.9. The highest BCUT2D eigenvalue weighted by molar-refractivity contribution is 5.98. The summed E-state index contributed by atoms with van der Waals surface area (Å²) in [5.74, 6) is -1.65. The van der Waals surface area contributed by atoms with E-state index in [-0.39, 0.29) is 12.0 Å². The lowest BCUT2D eigenvalue weighted by Crippen LogP contribution is -2.24. The normalized spacial score (nSPS) is 11.7. The molecule has 0 saturated heterocycles. The van der Waals surface area contributed by atoms with Gasteiger partial charge in [0, 0.05) is 12.0 Å². The largest absolute Gasteiger partial charge is 0.445 e. The summed E-state index contributed by atoms with van der Waals surface area (Å²) in [6.45, 7) is 6.28. The maximum absolute atomic E-state index is 12.7. The average molecular weight is 411 g/mol. The molecular weight excluding hydrogens is 380 g/mol. The molecule has 5 heteroatoms. The molecular formula is C25H30O5. The Balaban J connectivity index is 2.07. The van der Waals surface area contributed by atoms with Gasteiger partial charge in [-0.3, -0.25) is 4.79 Å². The van der Waals surface area contributed by atoms with Crippen LogP contribution in [0.4, 0.5) is 0 Å². The third-order valence-corrected chi connectivity index (χ3v) is 4.58. The summed E-state index contributed by atoms with van der Waals surface area (Å²) in [6, 6.07) is 15.6. The average Bonchev–Trinajstić information content (AvgIpc) is 2.72. The van der Waals surface area contributed by atoms with Gasteiger partial charge in [0.15, 0.2) is 0 Å². The molecule has 0 amide bonds. The molecule has 5 nitrogen and oxygen atoms in total. The molecule has 0 saturated carbocycles. The molecule has 0 aliphatic heterocycles. The number of hydrogen-bond donors (Lipinski definition) is 0. The van der Waals surface area contributed by atoms with Crippen molar-refractivity contribution in [3.8, 4) is 0 Å². The maximum atomic E-state index is 12.7. The van der Waals surface area contributed by atoms with Crippen molar-refractivity contribution in [2.24, 2.45) is 5.92 Å². The van der Waals surface area contributed by atoms with Gasteiger partial charge in [-0.15, -0.1) is 0 Å². The van der Waals surface area contributed by atoms with Crippen molar-refractivity contribution in [2.45, 2.75) is 59.0 Å². The summed E-state index contributed by atoms with van der Waals surface area (Å²) in [7, 11) is 0. The second-order valence-corrected chi connectivity index (χ2v) is 7.74. The first-order valence-corrected chi connectivity index (χ1v) is 10.5.